The van der Waals surface area contributed by atoms with Gasteiger partial charge in [-0.1, -0.05) is 0 Å². The molecule has 1 aromatic heterocycles. The topological polar surface area (TPSA) is 0 Å². The van der Waals surface area contributed by atoms with Crippen molar-refractivity contribution in [1.29, 1.82) is 0 Å². The molecule has 0 saturated carbocycles. The molecule has 0 aliphatic carbocycles. The van der Waals surface area contributed by atoms with Crippen LogP contribution in [0.3, 0.4) is 0 Å². The van der Waals surface area contributed by atoms with Crippen LogP contribution in [0.4, 0.5) is 0 Å². The quantitative estimate of drug-likeness (QED) is 0.544. The lowest BCUT2D eigenvalue weighted by Gasteiger charge is -1.88. The summed E-state index contributed by atoms with van der Waals surface area (Å²) in [7, 11) is 0. The lowest BCUT2D eigenvalue weighted by molar-refractivity contribution is 1.52. The van der Waals surface area contributed by atoms with Crippen molar-refractivity contribution in [2.45, 2.75) is 8.42 Å². The van der Waals surface area contributed by atoms with Gasteiger partial charge in [0.25, 0.3) is 0 Å². The van der Waals surface area contributed by atoms with E-state index in [1.807, 2.05) is 23.1 Å². The molecule has 0 atom stereocenters. The third-order valence-corrected chi connectivity index (χ3v) is 8.41. The number of hydrogen-bond donors (Lipinski definition) is 0. The van der Waals surface area contributed by atoms with Crippen LogP contribution >= 0.6 is 73.4 Å². The zero-order valence-electron chi connectivity index (χ0n) is 5.98. The minimum Gasteiger partial charge on any atom is -0.120 e. The first kappa shape index (κ1) is 10.7. The van der Waals surface area contributed by atoms with Crippen molar-refractivity contribution in [2.24, 2.45) is 0 Å². The Balaban J connectivity index is 3.12. The van der Waals surface area contributed by atoms with E-state index in [4.69, 9.17) is 0 Å². The molecule has 0 bridgehead atoms. The van der Waals surface area contributed by atoms with Gasteiger partial charge in [-0.3, -0.25) is 0 Å². The average Bonchev–Trinajstić information content (AvgIpc) is 2.30. The smallest absolute Gasteiger partial charge is 0.0761 e. The molecule has 11 heavy (non-hydrogen) atoms. The van der Waals surface area contributed by atoms with Crippen molar-refractivity contribution in [1.82, 2.24) is 0 Å². The van der Waals surface area contributed by atoms with Crippen LogP contribution < -0.4 is 0 Å². The molecule has 62 valence electrons. The monoisotopic (exact) mass is 380 g/mol. The molecule has 0 unspecified atom stereocenters. The molecular weight excluding hydrogens is 375 g/mol. The van der Waals surface area contributed by atoms with Gasteiger partial charge in [-0.25, -0.2) is 0 Å². The van der Waals surface area contributed by atoms with Crippen molar-refractivity contribution < 1.29 is 0 Å². The number of hydrogen-bond acceptors (Lipinski definition) is 3. The Labute approximate surface area is 101 Å². The highest BCUT2D eigenvalue weighted by Gasteiger charge is 2.11. The highest BCUT2D eigenvalue weighted by molar-refractivity contribution is 14.1. The SMILES string of the molecule is CSc1sc(SC)c(I)c1Br. The highest BCUT2D eigenvalue weighted by atomic mass is 127. The normalized spacial score (nSPS) is 10.5. The van der Waals surface area contributed by atoms with E-state index in [0.717, 1.165) is 0 Å². The molecule has 0 N–H and O–H groups in total. The Morgan fingerprint density at radius 2 is 1.82 bits per heavy atom. The van der Waals surface area contributed by atoms with Crippen molar-refractivity contribution in [3.8, 4) is 0 Å². The van der Waals surface area contributed by atoms with Gasteiger partial charge in [-0.15, -0.1) is 34.9 Å². The van der Waals surface area contributed by atoms with Gasteiger partial charge in [-0.05, 0) is 51.0 Å². The fourth-order valence-electron chi connectivity index (χ4n) is 0.616. The fraction of sp³-hybridized carbons (Fsp3) is 0.333. The molecule has 0 nitrogen and oxygen atoms in total. The third kappa shape index (κ3) is 2.30. The summed E-state index contributed by atoms with van der Waals surface area (Å²) in [5.74, 6) is 0. The summed E-state index contributed by atoms with van der Waals surface area (Å²) in [6.07, 6.45) is 4.22. The standard InChI is InChI=1S/C6H6BrIS3/c1-9-5-3(7)4(8)6(10-2)11-5/h1-2H3. The second-order valence-electron chi connectivity index (χ2n) is 1.71. The van der Waals surface area contributed by atoms with E-state index in [9.17, 15) is 0 Å². The first-order valence-corrected chi connectivity index (χ1v) is 7.90. The molecular formula is C6H6BrIS3. The summed E-state index contributed by atoms with van der Waals surface area (Å²) in [5, 5.41) is 0. The minimum atomic E-state index is 1.26. The summed E-state index contributed by atoms with van der Waals surface area (Å²) >= 11 is 11.4. The maximum absolute atomic E-state index is 3.57. The van der Waals surface area contributed by atoms with Crippen LogP contribution in [-0.4, -0.2) is 12.5 Å². The van der Waals surface area contributed by atoms with E-state index < -0.39 is 0 Å². The maximum Gasteiger partial charge on any atom is 0.0761 e. The van der Waals surface area contributed by atoms with Crippen LogP contribution in [0.15, 0.2) is 12.9 Å². The van der Waals surface area contributed by atoms with Crippen molar-refractivity contribution in [3.63, 3.8) is 0 Å². The summed E-state index contributed by atoms with van der Waals surface area (Å²) < 4.78 is 5.39. The third-order valence-electron chi connectivity index (χ3n) is 1.11. The molecule has 0 saturated heterocycles. The number of rotatable bonds is 2. The number of thiophene rings is 1. The summed E-state index contributed by atoms with van der Waals surface area (Å²) in [6.45, 7) is 0. The Bertz CT molecular complexity index is 234. The van der Waals surface area contributed by atoms with E-state index in [-0.39, 0.29) is 0 Å². The first-order chi connectivity index (χ1) is 5.20. The highest BCUT2D eigenvalue weighted by Crippen LogP contribution is 2.43. The number of thioether (sulfide) groups is 2. The van der Waals surface area contributed by atoms with Crippen LogP contribution in [0, 0.1) is 3.57 Å². The van der Waals surface area contributed by atoms with E-state index >= 15 is 0 Å². The van der Waals surface area contributed by atoms with Gasteiger partial charge in [0.1, 0.15) is 0 Å². The Kier molecular flexibility index (Phi) is 4.60. The molecule has 1 rings (SSSR count). The molecule has 0 radical (unpaired) electrons. The first-order valence-electron chi connectivity index (χ1n) is 2.76. The minimum absolute atomic E-state index is 1.26. The lowest BCUT2D eigenvalue weighted by atomic mass is 10.7. The summed E-state index contributed by atoms with van der Waals surface area (Å²) in [4.78, 5) is 0. The largest absolute Gasteiger partial charge is 0.120 e. The second-order valence-corrected chi connectivity index (χ2v) is 6.76. The van der Waals surface area contributed by atoms with Gasteiger partial charge in [0.2, 0.25) is 0 Å². The molecule has 0 fully saturated rings. The van der Waals surface area contributed by atoms with Crippen LogP contribution in [0.1, 0.15) is 0 Å². The average molecular weight is 381 g/mol. The van der Waals surface area contributed by atoms with Gasteiger partial charge < -0.3 is 0 Å². The molecule has 5 heteroatoms. The zero-order valence-corrected chi connectivity index (χ0v) is 12.2. The van der Waals surface area contributed by atoms with Gasteiger partial charge in [0.15, 0.2) is 0 Å². The van der Waals surface area contributed by atoms with Gasteiger partial charge in [-0.2, -0.15) is 0 Å². The van der Waals surface area contributed by atoms with Crippen LogP contribution in [0.5, 0.6) is 0 Å². The van der Waals surface area contributed by atoms with Crippen LogP contribution in [-0.2, 0) is 0 Å². The van der Waals surface area contributed by atoms with Crippen LogP contribution in [0.25, 0.3) is 0 Å². The molecule has 0 spiro atoms. The van der Waals surface area contributed by atoms with Gasteiger partial charge in [0, 0.05) is 0 Å². The van der Waals surface area contributed by atoms with Crippen molar-refractivity contribution >= 4 is 73.4 Å². The second kappa shape index (κ2) is 4.74. The molecule has 1 heterocycles. The molecule has 0 aromatic carbocycles. The summed E-state index contributed by atoms with van der Waals surface area (Å²) in [6, 6.07) is 0. The Morgan fingerprint density at radius 3 is 2.09 bits per heavy atom. The maximum atomic E-state index is 3.57. The van der Waals surface area contributed by atoms with Gasteiger partial charge >= 0.3 is 0 Å². The van der Waals surface area contributed by atoms with E-state index in [1.165, 1.54) is 16.5 Å². The predicted molar refractivity (Wildman–Crippen MR) is 68.3 cm³/mol. The molecule has 1 aromatic rings. The lowest BCUT2D eigenvalue weighted by Crippen LogP contribution is -1.66. The molecule has 0 amide bonds. The van der Waals surface area contributed by atoms with Crippen molar-refractivity contribution in [3.05, 3.63) is 8.04 Å². The van der Waals surface area contributed by atoms with E-state index in [2.05, 4.69) is 51.0 Å². The Hall–Kier alpha value is 1.61. The van der Waals surface area contributed by atoms with Gasteiger partial charge in [0.05, 0.1) is 16.5 Å². The fourth-order valence-corrected chi connectivity index (χ4v) is 5.87. The van der Waals surface area contributed by atoms with Crippen LogP contribution in [0.2, 0.25) is 0 Å². The number of halogens is 2. The zero-order chi connectivity index (χ0) is 8.43. The molecule has 0 aliphatic heterocycles. The Morgan fingerprint density at radius 1 is 1.27 bits per heavy atom. The molecule has 0 aliphatic rings. The van der Waals surface area contributed by atoms with E-state index in [0.29, 0.717) is 0 Å². The van der Waals surface area contributed by atoms with Crippen molar-refractivity contribution in [2.75, 3.05) is 12.5 Å². The van der Waals surface area contributed by atoms with E-state index in [1.54, 1.807) is 11.8 Å². The summed E-state index contributed by atoms with van der Waals surface area (Å²) in [5.41, 5.74) is 0. The predicted octanol–water partition coefficient (Wildman–Crippen LogP) is 4.56.